The van der Waals surface area contributed by atoms with Crippen LogP contribution < -0.4 is 5.32 Å². The summed E-state index contributed by atoms with van der Waals surface area (Å²) in [5.41, 5.74) is 1.17. The Bertz CT molecular complexity index is 484. The van der Waals surface area contributed by atoms with Gasteiger partial charge in [0.1, 0.15) is 0 Å². The summed E-state index contributed by atoms with van der Waals surface area (Å²) < 4.78 is 2.09. The zero-order chi connectivity index (χ0) is 15.1. The molecule has 118 valence electrons. The van der Waals surface area contributed by atoms with E-state index in [0.29, 0.717) is 18.0 Å². The zero-order valence-electron chi connectivity index (χ0n) is 13.5. The highest BCUT2D eigenvalue weighted by molar-refractivity contribution is 6.31. The molecule has 0 amide bonds. The maximum absolute atomic E-state index is 6.47. The normalized spacial score (nSPS) is 31.0. The molecule has 2 aliphatic heterocycles. The first-order valence-corrected chi connectivity index (χ1v) is 8.52. The molecule has 4 nitrogen and oxygen atoms in total. The predicted octanol–water partition coefficient (Wildman–Crippen LogP) is 3.25. The molecule has 1 aromatic heterocycles. The molecule has 3 rings (SSSR count). The maximum Gasteiger partial charge on any atom is 0.0834 e. The number of rotatable bonds is 4. The molecule has 2 fully saturated rings. The lowest BCUT2D eigenvalue weighted by Crippen LogP contribution is -2.43. The fourth-order valence-electron chi connectivity index (χ4n) is 4.37. The van der Waals surface area contributed by atoms with E-state index in [0.717, 1.165) is 17.1 Å². The van der Waals surface area contributed by atoms with Gasteiger partial charge in [0.15, 0.2) is 0 Å². The van der Waals surface area contributed by atoms with Gasteiger partial charge in [-0.25, -0.2) is 0 Å². The SMILES string of the molecule is CNC(c1c(Cl)cnn1C(C)C)C1CC2CCC(C1)N2C. The third-order valence-electron chi connectivity index (χ3n) is 5.49. The molecule has 21 heavy (non-hydrogen) atoms. The molecule has 3 atom stereocenters. The van der Waals surface area contributed by atoms with Crippen molar-refractivity contribution in [2.45, 2.75) is 63.7 Å². The minimum absolute atomic E-state index is 0.305. The first-order valence-electron chi connectivity index (χ1n) is 8.15. The standard InChI is InChI=1S/C16H27ClN4/c1-10(2)21-16(14(17)9-19-21)15(18-3)11-7-12-5-6-13(8-11)20(12)4/h9-13,15,18H,5-8H2,1-4H3. The van der Waals surface area contributed by atoms with E-state index in [9.17, 15) is 0 Å². The summed E-state index contributed by atoms with van der Waals surface area (Å²) in [5, 5.41) is 8.81. The smallest absolute Gasteiger partial charge is 0.0834 e. The Labute approximate surface area is 132 Å². The summed E-state index contributed by atoms with van der Waals surface area (Å²) in [6.07, 6.45) is 7.03. The van der Waals surface area contributed by atoms with Crippen molar-refractivity contribution in [2.24, 2.45) is 5.92 Å². The number of hydrogen-bond acceptors (Lipinski definition) is 3. The Kier molecular flexibility index (Phi) is 4.30. The monoisotopic (exact) mass is 310 g/mol. The molecule has 0 aliphatic carbocycles. The molecule has 5 heteroatoms. The lowest BCUT2D eigenvalue weighted by Gasteiger charge is -2.40. The summed E-state index contributed by atoms with van der Waals surface area (Å²) in [6.45, 7) is 4.33. The molecule has 0 spiro atoms. The van der Waals surface area contributed by atoms with Gasteiger partial charge in [-0.05, 0) is 59.5 Å². The Morgan fingerprint density at radius 3 is 2.43 bits per heavy atom. The van der Waals surface area contributed by atoms with Crippen LogP contribution in [0.3, 0.4) is 0 Å². The highest BCUT2D eigenvalue weighted by Gasteiger charge is 2.42. The van der Waals surface area contributed by atoms with Crippen LogP contribution in [0.25, 0.3) is 0 Å². The number of nitrogens with zero attached hydrogens (tertiary/aromatic N) is 3. The van der Waals surface area contributed by atoms with E-state index in [1.165, 1.54) is 31.4 Å². The summed E-state index contributed by atoms with van der Waals surface area (Å²) >= 11 is 6.47. The third kappa shape index (κ3) is 2.62. The lowest BCUT2D eigenvalue weighted by molar-refractivity contribution is 0.112. The number of aromatic nitrogens is 2. The van der Waals surface area contributed by atoms with Crippen molar-refractivity contribution >= 4 is 11.6 Å². The number of fused-ring (bicyclic) bond motifs is 2. The van der Waals surface area contributed by atoms with Gasteiger partial charge in [0.2, 0.25) is 0 Å². The van der Waals surface area contributed by atoms with Crippen molar-refractivity contribution in [1.29, 1.82) is 0 Å². The molecule has 2 bridgehead atoms. The number of halogens is 1. The molecule has 2 aliphatic rings. The van der Waals surface area contributed by atoms with Crippen LogP contribution in [0.2, 0.25) is 5.02 Å². The minimum Gasteiger partial charge on any atom is -0.311 e. The molecule has 3 unspecified atom stereocenters. The average Bonchev–Trinajstić information content (AvgIpc) is 2.89. The van der Waals surface area contributed by atoms with E-state index < -0.39 is 0 Å². The second-order valence-corrected chi connectivity index (χ2v) is 7.37. The summed E-state index contributed by atoms with van der Waals surface area (Å²) in [7, 11) is 4.34. The molecule has 1 aromatic rings. The van der Waals surface area contributed by atoms with E-state index in [1.807, 2.05) is 0 Å². The fourth-order valence-corrected chi connectivity index (χ4v) is 4.62. The van der Waals surface area contributed by atoms with Crippen molar-refractivity contribution in [3.63, 3.8) is 0 Å². The average molecular weight is 311 g/mol. The van der Waals surface area contributed by atoms with Crippen molar-refractivity contribution in [3.8, 4) is 0 Å². The van der Waals surface area contributed by atoms with Gasteiger partial charge in [-0.15, -0.1) is 0 Å². The summed E-state index contributed by atoms with van der Waals surface area (Å²) in [6, 6.07) is 2.14. The fraction of sp³-hybridized carbons (Fsp3) is 0.812. The van der Waals surface area contributed by atoms with E-state index in [4.69, 9.17) is 11.6 Å². The second kappa shape index (κ2) is 5.90. The van der Waals surface area contributed by atoms with Crippen LogP contribution in [0.5, 0.6) is 0 Å². The van der Waals surface area contributed by atoms with Crippen LogP contribution in [0, 0.1) is 5.92 Å². The van der Waals surface area contributed by atoms with Gasteiger partial charge in [-0.3, -0.25) is 4.68 Å². The van der Waals surface area contributed by atoms with Gasteiger partial charge in [0.05, 0.1) is 23.0 Å². The van der Waals surface area contributed by atoms with E-state index in [2.05, 4.69) is 47.9 Å². The van der Waals surface area contributed by atoms with E-state index in [1.54, 1.807) is 6.20 Å². The van der Waals surface area contributed by atoms with Crippen molar-refractivity contribution < 1.29 is 0 Å². The molecule has 0 radical (unpaired) electrons. The lowest BCUT2D eigenvalue weighted by atomic mass is 9.83. The minimum atomic E-state index is 0.305. The van der Waals surface area contributed by atoms with Crippen LogP contribution in [0.15, 0.2) is 6.20 Å². The highest BCUT2D eigenvalue weighted by atomic mass is 35.5. The van der Waals surface area contributed by atoms with Crippen LogP contribution in [-0.4, -0.2) is 40.9 Å². The third-order valence-corrected chi connectivity index (χ3v) is 5.78. The number of piperidine rings is 1. The van der Waals surface area contributed by atoms with Crippen LogP contribution in [0.4, 0.5) is 0 Å². The van der Waals surface area contributed by atoms with Gasteiger partial charge in [0.25, 0.3) is 0 Å². The first-order chi connectivity index (χ1) is 10.0. The van der Waals surface area contributed by atoms with Gasteiger partial charge >= 0.3 is 0 Å². The van der Waals surface area contributed by atoms with E-state index >= 15 is 0 Å². The largest absolute Gasteiger partial charge is 0.311 e. The molecule has 1 N–H and O–H groups in total. The molecule has 0 saturated carbocycles. The van der Waals surface area contributed by atoms with Gasteiger partial charge < -0.3 is 10.2 Å². The Hall–Kier alpha value is -0.580. The quantitative estimate of drug-likeness (QED) is 0.926. The van der Waals surface area contributed by atoms with Crippen molar-refractivity contribution in [3.05, 3.63) is 16.9 Å². The molecule has 2 saturated heterocycles. The highest BCUT2D eigenvalue weighted by Crippen LogP contribution is 2.43. The molecule has 3 heterocycles. The Morgan fingerprint density at radius 1 is 1.29 bits per heavy atom. The maximum atomic E-state index is 6.47. The second-order valence-electron chi connectivity index (χ2n) is 6.96. The zero-order valence-corrected chi connectivity index (χ0v) is 14.3. The molecular formula is C16H27ClN4. The topological polar surface area (TPSA) is 33.1 Å². The first kappa shape index (κ1) is 15.3. The van der Waals surface area contributed by atoms with E-state index in [-0.39, 0.29) is 0 Å². The predicted molar refractivity (Wildman–Crippen MR) is 86.7 cm³/mol. The van der Waals surface area contributed by atoms with Crippen molar-refractivity contribution in [1.82, 2.24) is 20.0 Å². The number of nitrogens with one attached hydrogen (secondary N) is 1. The van der Waals surface area contributed by atoms with Gasteiger partial charge in [-0.2, -0.15) is 5.10 Å². The van der Waals surface area contributed by atoms with Gasteiger partial charge in [-0.1, -0.05) is 11.6 Å². The Morgan fingerprint density at radius 2 is 1.90 bits per heavy atom. The van der Waals surface area contributed by atoms with Crippen LogP contribution in [-0.2, 0) is 0 Å². The van der Waals surface area contributed by atoms with Crippen LogP contribution >= 0.6 is 11.6 Å². The van der Waals surface area contributed by atoms with Crippen LogP contribution in [0.1, 0.15) is 57.3 Å². The van der Waals surface area contributed by atoms with Gasteiger partial charge in [0, 0.05) is 18.1 Å². The Balaban J connectivity index is 1.88. The summed E-state index contributed by atoms with van der Waals surface area (Å²) in [4.78, 5) is 2.59. The summed E-state index contributed by atoms with van der Waals surface area (Å²) in [5.74, 6) is 0.649. The molecule has 0 aromatic carbocycles. The number of hydrogen-bond donors (Lipinski definition) is 1. The van der Waals surface area contributed by atoms with Crippen molar-refractivity contribution in [2.75, 3.05) is 14.1 Å². The molecular weight excluding hydrogens is 284 g/mol.